The predicted octanol–water partition coefficient (Wildman–Crippen LogP) is 4.10. The van der Waals surface area contributed by atoms with Crippen molar-refractivity contribution in [1.82, 2.24) is 0 Å². The van der Waals surface area contributed by atoms with Crippen LogP contribution in [0.1, 0.15) is 17.3 Å². The van der Waals surface area contributed by atoms with E-state index < -0.39 is 9.84 Å². The van der Waals surface area contributed by atoms with Crippen molar-refractivity contribution in [1.29, 1.82) is 0 Å². The zero-order chi connectivity index (χ0) is 15.6. The van der Waals surface area contributed by atoms with E-state index in [4.69, 9.17) is 11.6 Å². The maximum Gasteiger partial charge on any atom is 0.175 e. The van der Waals surface area contributed by atoms with Crippen LogP contribution in [0.15, 0.2) is 57.2 Å². The van der Waals surface area contributed by atoms with Crippen molar-refractivity contribution >= 4 is 39.0 Å². The van der Waals surface area contributed by atoms with Gasteiger partial charge in [0.2, 0.25) is 0 Å². The lowest BCUT2D eigenvalue weighted by atomic mass is 10.1. The van der Waals surface area contributed by atoms with Gasteiger partial charge in [-0.3, -0.25) is 4.79 Å². The van der Waals surface area contributed by atoms with Crippen LogP contribution in [0.25, 0.3) is 0 Å². The number of ketones is 1. The molecular weight excluding hydrogens is 328 g/mol. The molecule has 2 aromatic rings. The molecule has 0 heterocycles. The van der Waals surface area contributed by atoms with Crippen molar-refractivity contribution in [2.45, 2.75) is 21.6 Å². The van der Waals surface area contributed by atoms with Crippen LogP contribution in [0.2, 0.25) is 5.02 Å². The van der Waals surface area contributed by atoms with Crippen LogP contribution < -0.4 is 0 Å². The molecule has 0 bridgehead atoms. The second-order valence-electron chi connectivity index (χ2n) is 4.55. The number of hydrogen-bond donors (Lipinski definition) is 0. The molecule has 6 heteroatoms. The Morgan fingerprint density at radius 1 is 1.10 bits per heavy atom. The van der Waals surface area contributed by atoms with Crippen LogP contribution in [-0.4, -0.2) is 20.5 Å². The van der Waals surface area contributed by atoms with Crippen LogP contribution in [0.5, 0.6) is 0 Å². The molecule has 2 aromatic carbocycles. The fourth-order valence-corrected chi connectivity index (χ4v) is 3.43. The lowest BCUT2D eigenvalue weighted by Crippen LogP contribution is -1.96. The van der Waals surface area contributed by atoms with Crippen LogP contribution in [0, 0.1) is 0 Å². The van der Waals surface area contributed by atoms with Gasteiger partial charge in [-0.15, -0.1) is 0 Å². The largest absolute Gasteiger partial charge is 0.295 e. The number of halogens is 1. The van der Waals surface area contributed by atoms with E-state index in [1.165, 1.54) is 24.9 Å². The summed E-state index contributed by atoms with van der Waals surface area (Å²) >= 11 is 7.57. The third kappa shape index (κ3) is 4.09. The third-order valence-corrected chi connectivity index (χ3v) is 5.46. The maximum absolute atomic E-state index is 11.4. The summed E-state index contributed by atoms with van der Waals surface area (Å²) in [6.07, 6.45) is 1.17. The Bertz CT molecular complexity index is 781. The standard InChI is InChI=1S/C15H13ClO3S2/c1-10(17)11-3-8-15(14(16)9-11)20-12-4-6-13(7-5-12)21(2,18)19/h3-9H,1-2H3. The molecule has 0 amide bonds. The van der Waals surface area contributed by atoms with Crippen LogP contribution in [0.3, 0.4) is 0 Å². The maximum atomic E-state index is 11.4. The van der Waals surface area contributed by atoms with E-state index >= 15 is 0 Å². The van der Waals surface area contributed by atoms with Gasteiger partial charge in [0, 0.05) is 21.6 Å². The summed E-state index contributed by atoms with van der Waals surface area (Å²) in [6, 6.07) is 11.7. The molecule has 3 nitrogen and oxygen atoms in total. The quantitative estimate of drug-likeness (QED) is 0.786. The molecule has 0 aliphatic heterocycles. The molecular formula is C15H13ClO3S2. The minimum Gasteiger partial charge on any atom is -0.295 e. The summed E-state index contributed by atoms with van der Waals surface area (Å²) in [4.78, 5) is 13.2. The summed E-state index contributed by atoms with van der Waals surface area (Å²) in [6.45, 7) is 1.49. The lowest BCUT2D eigenvalue weighted by molar-refractivity contribution is 0.101. The molecule has 21 heavy (non-hydrogen) atoms. The van der Waals surface area contributed by atoms with Gasteiger partial charge < -0.3 is 0 Å². The van der Waals surface area contributed by atoms with Gasteiger partial charge in [-0.2, -0.15) is 0 Å². The number of hydrogen-bond acceptors (Lipinski definition) is 4. The zero-order valence-corrected chi connectivity index (χ0v) is 13.8. The molecule has 0 N–H and O–H groups in total. The number of carbonyl (C=O) groups is 1. The van der Waals surface area contributed by atoms with Gasteiger partial charge in [-0.1, -0.05) is 29.4 Å². The molecule has 0 aliphatic rings. The van der Waals surface area contributed by atoms with Crippen molar-refractivity contribution in [2.24, 2.45) is 0 Å². The van der Waals surface area contributed by atoms with E-state index in [0.717, 1.165) is 9.79 Å². The average Bonchev–Trinajstić information content (AvgIpc) is 2.40. The Labute approximate surface area is 133 Å². The molecule has 110 valence electrons. The summed E-state index contributed by atoms with van der Waals surface area (Å²) in [5.41, 5.74) is 0.566. The van der Waals surface area contributed by atoms with E-state index in [9.17, 15) is 13.2 Å². The van der Waals surface area contributed by atoms with Crippen molar-refractivity contribution in [2.75, 3.05) is 6.26 Å². The number of sulfone groups is 1. The predicted molar refractivity (Wildman–Crippen MR) is 85.1 cm³/mol. The summed E-state index contributed by atoms with van der Waals surface area (Å²) in [5, 5.41) is 0.500. The Hall–Kier alpha value is -1.30. The van der Waals surface area contributed by atoms with E-state index in [1.54, 1.807) is 42.5 Å². The second-order valence-corrected chi connectivity index (χ2v) is 8.09. The minimum absolute atomic E-state index is 0.0362. The van der Waals surface area contributed by atoms with Crippen molar-refractivity contribution in [3.63, 3.8) is 0 Å². The Morgan fingerprint density at radius 2 is 1.71 bits per heavy atom. The van der Waals surface area contributed by atoms with Crippen molar-refractivity contribution < 1.29 is 13.2 Å². The molecule has 0 unspecified atom stereocenters. The highest BCUT2D eigenvalue weighted by Crippen LogP contribution is 2.34. The first-order valence-electron chi connectivity index (χ1n) is 6.06. The molecule has 0 aliphatic carbocycles. The first-order chi connectivity index (χ1) is 9.77. The number of rotatable bonds is 4. The molecule has 0 saturated carbocycles. The summed E-state index contributed by atoms with van der Waals surface area (Å²) in [5.74, 6) is -0.0362. The van der Waals surface area contributed by atoms with Crippen LogP contribution in [-0.2, 0) is 9.84 Å². The highest BCUT2D eigenvalue weighted by Gasteiger charge is 2.09. The molecule has 0 aromatic heterocycles. The van der Waals surface area contributed by atoms with Gasteiger partial charge in [0.1, 0.15) is 0 Å². The molecule has 0 fully saturated rings. The first-order valence-corrected chi connectivity index (χ1v) is 9.14. The first kappa shape index (κ1) is 16.1. The molecule has 0 spiro atoms. The normalized spacial score (nSPS) is 11.4. The minimum atomic E-state index is -3.19. The zero-order valence-electron chi connectivity index (χ0n) is 11.5. The summed E-state index contributed by atoms with van der Waals surface area (Å²) < 4.78 is 22.8. The van der Waals surface area contributed by atoms with Crippen LogP contribution >= 0.6 is 23.4 Å². The smallest absolute Gasteiger partial charge is 0.175 e. The van der Waals surface area contributed by atoms with E-state index in [0.29, 0.717) is 10.6 Å². The molecule has 0 radical (unpaired) electrons. The average molecular weight is 341 g/mol. The van der Waals surface area contributed by atoms with Gasteiger partial charge in [-0.25, -0.2) is 8.42 Å². The van der Waals surface area contributed by atoms with Gasteiger partial charge in [-0.05, 0) is 43.3 Å². The van der Waals surface area contributed by atoms with E-state index in [-0.39, 0.29) is 10.7 Å². The van der Waals surface area contributed by atoms with Crippen molar-refractivity contribution in [3.05, 3.63) is 53.1 Å². The van der Waals surface area contributed by atoms with E-state index in [1.807, 2.05) is 0 Å². The van der Waals surface area contributed by atoms with Gasteiger partial charge in [0.05, 0.1) is 9.92 Å². The van der Waals surface area contributed by atoms with E-state index in [2.05, 4.69) is 0 Å². The number of benzene rings is 2. The highest BCUT2D eigenvalue weighted by molar-refractivity contribution is 7.99. The SMILES string of the molecule is CC(=O)c1ccc(Sc2ccc(S(C)(=O)=O)cc2)c(Cl)c1. The number of Topliss-reactive ketones (excluding diaryl/α,β-unsaturated/α-hetero) is 1. The molecule has 0 saturated heterocycles. The fourth-order valence-electron chi connectivity index (χ4n) is 1.68. The van der Waals surface area contributed by atoms with Gasteiger partial charge in [0.25, 0.3) is 0 Å². The monoisotopic (exact) mass is 340 g/mol. The lowest BCUT2D eigenvalue weighted by Gasteiger charge is -2.06. The number of carbonyl (C=O) groups excluding carboxylic acids is 1. The Kier molecular flexibility index (Phi) is 4.76. The molecule has 2 rings (SSSR count). The van der Waals surface area contributed by atoms with Gasteiger partial charge in [0.15, 0.2) is 15.6 Å². The highest BCUT2D eigenvalue weighted by atomic mass is 35.5. The topological polar surface area (TPSA) is 51.2 Å². The second kappa shape index (κ2) is 6.22. The fraction of sp³-hybridized carbons (Fsp3) is 0.133. The van der Waals surface area contributed by atoms with Crippen molar-refractivity contribution in [3.8, 4) is 0 Å². The third-order valence-electron chi connectivity index (χ3n) is 2.82. The summed E-state index contributed by atoms with van der Waals surface area (Å²) in [7, 11) is -3.19. The Balaban J connectivity index is 2.24. The molecule has 0 atom stereocenters. The van der Waals surface area contributed by atoms with Gasteiger partial charge >= 0.3 is 0 Å². The van der Waals surface area contributed by atoms with Crippen LogP contribution in [0.4, 0.5) is 0 Å². The Morgan fingerprint density at radius 3 is 2.19 bits per heavy atom.